The summed E-state index contributed by atoms with van der Waals surface area (Å²) in [6.45, 7) is 9.27. The van der Waals surface area contributed by atoms with Gasteiger partial charge < -0.3 is 10.2 Å². The minimum atomic E-state index is -4.08. The lowest BCUT2D eigenvalue weighted by atomic mass is 10.1. The Morgan fingerprint density at radius 1 is 0.821 bits per heavy atom. The van der Waals surface area contributed by atoms with E-state index in [0.717, 1.165) is 27.4 Å². The lowest BCUT2D eigenvalue weighted by Crippen LogP contribution is -2.53. The summed E-state index contributed by atoms with van der Waals surface area (Å²) in [6.07, 6.45) is 1.14. The van der Waals surface area contributed by atoms with Gasteiger partial charge in [-0.2, -0.15) is 0 Å². The molecule has 0 saturated heterocycles. The minimum absolute atomic E-state index is 0.0520. The number of hydrogen-bond acceptors (Lipinski definition) is 4. The highest BCUT2D eigenvalue weighted by atomic mass is 32.2. The van der Waals surface area contributed by atoms with E-state index in [2.05, 4.69) is 5.32 Å². The molecule has 8 heteroatoms. The second-order valence-electron chi connectivity index (χ2n) is 9.80. The highest BCUT2D eigenvalue weighted by molar-refractivity contribution is 7.92. The van der Waals surface area contributed by atoms with E-state index in [0.29, 0.717) is 12.1 Å². The molecule has 3 aromatic carbocycles. The number of nitrogens with one attached hydrogen (secondary N) is 1. The molecule has 7 nitrogen and oxygen atoms in total. The van der Waals surface area contributed by atoms with Crippen LogP contribution in [0.4, 0.5) is 5.69 Å². The fourth-order valence-electron chi connectivity index (χ4n) is 4.41. The molecule has 0 radical (unpaired) electrons. The lowest BCUT2D eigenvalue weighted by molar-refractivity contribution is -0.140. The van der Waals surface area contributed by atoms with Crippen LogP contribution in [0.3, 0.4) is 0 Å². The number of benzene rings is 3. The van der Waals surface area contributed by atoms with Crippen molar-refractivity contribution in [1.29, 1.82) is 0 Å². The number of nitrogens with zero attached hydrogens (tertiary/aromatic N) is 2. The highest BCUT2D eigenvalue weighted by Gasteiger charge is 2.34. The van der Waals surface area contributed by atoms with Crippen LogP contribution in [0.1, 0.15) is 50.3 Å². The van der Waals surface area contributed by atoms with Gasteiger partial charge in [0.05, 0.1) is 10.6 Å². The molecular weight excluding hydrogens is 510 g/mol. The number of carbonyl (C=O) groups is 2. The Bertz CT molecular complexity index is 1380. The number of sulfonamides is 1. The SMILES string of the molecule is CC[C@@H](C)NC(=O)[C@H](CC)N(Cc1ccccc1C)C(=O)CN(c1ccccc1C)S(=O)(=O)c1ccccc1. The normalized spacial score (nSPS) is 12.8. The number of carbonyl (C=O) groups excluding carboxylic acids is 2. The topological polar surface area (TPSA) is 86.8 Å². The van der Waals surface area contributed by atoms with E-state index >= 15 is 0 Å². The molecule has 0 spiro atoms. The van der Waals surface area contributed by atoms with Crippen molar-refractivity contribution in [3.8, 4) is 0 Å². The van der Waals surface area contributed by atoms with Crippen LogP contribution in [0.5, 0.6) is 0 Å². The van der Waals surface area contributed by atoms with E-state index in [1.54, 1.807) is 30.3 Å². The molecule has 0 aliphatic rings. The van der Waals surface area contributed by atoms with Crippen LogP contribution in [0.15, 0.2) is 83.8 Å². The zero-order valence-electron chi connectivity index (χ0n) is 23.4. The quantitative estimate of drug-likeness (QED) is 0.336. The standard InChI is InChI=1S/C31H39N3O4S/c1-6-25(5)32-31(36)28(7-2)33(21-26-17-13-11-15-23(26)3)30(35)22-34(29-20-14-12-16-24(29)4)39(37,38)27-18-9-8-10-19-27/h8-20,25,28H,6-7,21-22H2,1-5H3,(H,32,36)/t25-,28+/m1/s1. The molecule has 1 N–H and O–H groups in total. The van der Waals surface area contributed by atoms with Crippen LogP contribution in [0.25, 0.3) is 0 Å². The van der Waals surface area contributed by atoms with Crippen molar-refractivity contribution in [3.63, 3.8) is 0 Å². The van der Waals surface area contributed by atoms with Crippen molar-refractivity contribution in [3.05, 3.63) is 95.6 Å². The van der Waals surface area contributed by atoms with E-state index in [4.69, 9.17) is 0 Å². The van der Waals surface area contributed by atoms with E-state index in [-0.39, 0.29) is 23.4 Å². The van der Waals surface area contributed by atoms with Crippen LogP contribution >= 0.6 is 0 Å². The first kappa shape index (κ1) is 29.9. The fourth-order valence-corrected chi connectivity index (χ4v) is 5.91. The van der Waals surface area contributed by atoms with Crippen molar-refractivity contribution in [2.45, 2.75) is 71.0 Å². The van der Waals surface area contributed by atoms with Gasteiger partial charge in [-0.05, 0) is 68.5 Å². The molecular formula is C31H39N3O4S. The smallest absolute Gasteiger partial charge is 0.264 e. The first-order chi connectivity index (χ1) is 18.6. The van der Waals surface area contributed by atoms with Gasteiger partial charge in [0, 0.05) is 12.6 Å². The third kappa shape index (κ3) is 7.26. The molecule has 0 aromatic heterocycles. The molecule has 0 heterocycles. The van der Waals surface area contributed by atoms with Crippen molar-refractivity contribution >= 4 is 27.5 Å². The molecule has 3 aromatic rings. The van der Waals surface area contributed by atoms with Gasteiger partial charge in [0.25, 0.3) is 10.0 Å². The van der Waals surface area contributed by atoms with E-state index in [9.17, 15) is 18.0 Å². The predicted octanol–water partition coefficient (Wildman–Crippen LogP) is 5.22. The molecule has 39 heavy (non-hydrogen) atoms. The number of amides is 2. The first-order valence-electron chi connectivity index (χ1n) is 13.4. The Morgan fingerprint density at radius 3 is 2.00 bits per heavy atom. The number of hydrogen-bond donors (Lipinski definition) is 1. The summed E-state index contributed by atoms with van der Waals surface area (Å²) < 4.78 is 28.9. The summed E-state index contributed by atoms with van der Waals surface area (Å²) in [6, 6.07) is 22.1. The van der Waals surface area contributed by atoms with E-state index in [1.165, 1.54) is 17.0 Å². The second kappa shape index (κ2) is 13.4. The van der Waals surface area contributed by atoms with Crippen LogP contribution in [0, 0.1) is 13.8 Å². The summed E-state index contributed by atoms with van der Waals surface area (Å²) in [5.74, 6) is -0.700. The van der Waals surface area contributed by atoms with Gasteiger partial charge in [0.2, 0.25) is 11.8 Å². The average Bonchev–Trinajstić information content (AvgIpc) is 2.93. The Hall–Kier alpha value is -3.65. The van der Waals surface area contributed by atoms with Crippen LogP contribution in [0.2, 0.25) is 0 Å². The first-order valence-corrected chi connectivity index (χ1v) is 14.8. The molecule has 0 fully saturated rings. The van der Waals surface area contributed by atoms with E-state index < -0.39 is 28.5 Å². The number of anilines is 1. The van der Waals surface area contributed by atoms with Crippen LogP contribution in [-0.2, 0) is 26.2 Å². The molecule has 0 unspecified atom stereocenters. The van der Waals surface area contributed by atoms with Crippen LogP contribution in [-0.4, -0.2) is 43.8 Å². The summed E-state index contributed by atoms with van der Waals surface area (Å²) in [7, 11) is -4.08. The Kier molecular flexibility index (Phi) is 10.3. The summed E-state index contributed by atoms with van der Waals surface area (Å²) in [4.78, 5) is 29.1. The largest absolute Gasteiger partial charge is 0.352 e. The second-order valence-corrected chi connectivity index (χ2v) is 11.7. The van der Waals surface area contributed by atoms with Gasteiger partial charge in [-0.15, -0.1) is 0 Å². The third-order valence-corrected chi connectivity index (χ3v) is 8.76. The molecule has 2 amide bonds. The van der Waals surface area contributed by atoms with Crippen molar-refractivity contribution in [2.24, 2.45) is 0 Å². The Morgan fingerprint density at radius 2 is 1.41 bits per heavy atom. The summed E-state index contributed by atoms with van der Waals surface area (Å²) in [5, 5.41) is 3.00. The van der Waals surface area contributed by atoms with Crippen molar-refractivity contribution in [1.82, 2.24) is 10.2 Å². The molecule has 0 bridgehead atoms. The highest BCUT2D eigenvalue weighted by Crippen LogP contribution is 2.27. The maximum absolute atomic E-state index is 14.1. The summed E-state index contributed by atoms with van der Waals surface area (Å²) >= 11 is 0. The third-order valence-electron chi connectivity index (χ3n) is 6.98. The zero-order chi connectivity index (χ0) is 28.6. The number of para-hydroxylation sites is 1. The Balaban J connectivity index is 2.07. The van der Waals surface area contributed by atoms with Gasteiger partial charge in [-0.25, -0.2) is 8.42 Å². The lowest BCUT2D eigenvalue weighted by Gasteiger charge is -2.34. The zero-order valence-corrected chi connectivity index (χ0v) is 24.2. The fraction of sp³-hybridized carbons (Fsp3) is 0.355. The maximum atomic E-state index is 14.1. The van der Waals surface area contributed by atoms with Gasteiger partial charge in [-0.1, -0.05) is 74.5 Å². The molecule has 0 aliphatic heterocycles. The molecule has 0 saturated carbocycles. The van der Waals surface area contributed by atoms with Gasteiger partial charge in [0.1, 0.15) is 12.6 Å². The number of aryl methyl sites for hydroxylation is 2. The van der Waals surface area contributed by atoms with Gasteiger partial charge in [0.15, 0.2) is 0 Å². The van der Waals surface area contributed by atoms with Crippen LogP contribution < -0.4 is 9.62 Å². The minimum Gasteiger partial charge on any atom is -0.352 e. The molecule has 3 rings (SSSR count). The summed E-state index contributed by atoms with van der Waals surface area (Å²) in [5.41, 5.74) is 3.02. The monoisotopic (exact) mass is 549 g/mol. The van der Waals surface area contributed by atoms with Gasteiger partial charge >= 0.3 is 0 Å². The van der Waals surface area contributed by atoms with E-state index in [1.807, 2.05) is 71.0 Å². The molecule has 0 aliphatic carbocycles. The molecule has 208 valence electrons. The molecule has 2 atom stereocenters. The maximum Gasteiger partial charge on any atom is 0.264 e. The van der Waals surface area contributed by atoms with Crippen molar-refractivity contribution < 1.29 is 18.0 Å². The van der Waals surface area contributed by atoms with Gasteiger partial charge in [-0.3, -0.25) is 13.9 Å². The number of rotatable bonds is 12. The predicted molar refractivity (Wildman–Crippen MR) is 156 cm³/mol. The average molecular weight is 550 g/mol. The van der Waals surface area contributed by atoms with Crippen molar-refractivity contribution in [2.75, 3.05) is 10.8 Å². The Labute approximate surface area is 232 Å².